The molecule has 2 aliphatic heterocycles. The number of likely N-dealkylation sites (tertiary alicyclic amines) is 2. The van der Waals surface area contributed by atoms with Crippen molar-refractivity contribution in [2.24, 2.45) is 5.73 Å². The molecule has 2 aliphatic rings. The number of H-pyrrole nitrogens is 1. The molecular formula is C23H26I2N6O4. The Morgan fingerprint density at radius 2 is 1.91 bits per heavy atom. The van der Waals surface area contributed by atoms with Crippen LogP contribution in [-0.4, -0.2) is 68.1 Å². The van der Waals surface area contributed by atoms with Crippen molar-refractivity contribution < 1.29 is 19.2 Å². The van der Waals surface area contributed by atoms with Gasteiger partial charge in [0.1, 0.15) is 21.8 Å². The lowest BCUT2D eigenvalue weighted by atomic mass is 10.1. The molecule has 186 valence electrons. The number of carbonyl (C=O) groups excluding carboxylic acids is 4. The number of hydrogen-bond donors (Lipinski definition) is 3. The number of nitrogens with two attached hydrogens (primary N) is 1. The third-order valence-corrected chi connectivity index (χ3v) is 7.82. The van der Waals surface area contributed by atoms with E-state index in [1.54, 1.807) is 4.90 Å². The van der Waals surface area contributed by atoms with Crippen molar-refractivity contribution in [1.82, 2.24) is 25.1 Å². The van der Waals surface area contributed by atoms with Gasteiger partial charge < -0.3 is 25.8 Å². The number of amides is 4. The molecule has 1 aromatic carbocycles. The van der Waals surface area contributed by atoms with E-state index in [4.69, 9.17) is 5.73 Å². The molecule has 0 aliphatic carbocycles. The van der Waals surface area contributed by atoms with Gasteiger partial charge in [-0.25, -0.2) is 4.98 Å². The van der Waals surface area contributed by atoms with Crippen molar-refractivity contribution in [3.8, 4) is 0 Å². The van der Waals surface area contributed by atoms with Gasteiger partial charge in [0.15, 0.2) is 3.83 Å². The minimum atomic E-state index is -0.929. The number of aromatic nitrogens is 2. The molecule has 0 saturated carbocycles. The predicted octanol–water partition coefficient (Wildman–Crippen LogP) is 1.31. The first-order valence-corrected chi connectivity index (χ1v) is 13.5. The van der Waals surface area contributed by atoms with Crippen molar-refractivity contribution in [2.45, 2.75) is 56.8 Å². The van der Waals surface area contributed by atoms with E-state index in [0.717, 1.165) is 5.56 Å². The molecule has 2 saturated heterocycles. The lowest BCUT2D eigenvalue weighted by Gasteiger charge is -2.30. The van der Waals surface area contributed by atoms with Crippen LogP contribution in [0.25, 0.3) is 0 Å². The molecule has 2 aromatic rings. The Kier molecular flexibility index (Phi) is 8.29. The van der Waals surface area contributed by atoms with E-state index in [-0.39, 0.29) is 30.6 Å². The number of hydrogen-bond acceptors (Lipinski definition) is 5. The zero-order valence-electron chi connectivity index (χ0n) is 18.9. The molecule has 10 nitrogen and oxygen atoms in total. The third-order valence-electron chi connectivity index (χ3n) is 6.41. The van der Waals surface area contributed by atoms with Crippen molar-refractivity contribution >= 4 is 68.8 Å². The lowest BCUT2D eigenvalue weighted by molar-refractivity contribution is -0.142. The Morgan fingerprint density at radius 3 is 2.57 bits per heavy atom. The topological polar surface area (TPSA) is 141 Å². The minimum Gasteiger partial charge on any atom is -0.368 e. The average Bonchev–Trinajstić information content (AvgIpc) is 3.53. The van der Waals surface area contributed by atoms with Crippen LogP contribution in [-0.2, 0) is 32.1 Å². The van der Waals surface area contributed by atoms with Crippen LogP contribution < -0.4 is 11.1 Å². The summed E-state index contributed by atoms with van der Waals surface area (Å²) in [6.45, 7) is 0.724. The molecule has 0 spiro atoms. The summed E-state index contributed by atoms with van der Waals surface area (Å²) in [4.78, 5) is 62.0. The van der Waals surface area contributed by atoms with Gasteiger partial charge in [-0.05, 0) is 70.0 Å². The molecule has 3 heterocycles. The Hall–Kier alpha value is -2.23. The normalized spacial score (nSPS) is 20.8. The second-order valence-corrected chi connectivity index (χ2v) is 10.8. The zero-order chi connectivity index (χ0) is 25.1. The van der Waals surface area contributed by atoms with Crippen LogP contribution >= 0.6 is 45.2 Å². The number of nitrogens with one attached hydrogen (secondary N) is 2. The second kappa shape index (κ2) is 11.2. The molecule has 4 N–H and O–H groups in total. The minimum absolute atomic E-state index is 0.0946. The van der Waals surface area contributed by atoms with E-state index in [9.17, 15) is 19.2 Å². The number of imidazole rings is 1. The molecule has 1 aromatic heterocycles. The van der Waals surface area contributed by atoms with Gasteiger partial charge in [0, 0.05) is 25.9 Å². The van der Waals surface area contributed by atoms with Gasteiger partial charge in [-0.3, -0.25) is 19.2 Å². The number of halogens is 2. The molecule has 2 fully saturated rings. The summed E-state index contributed by atoms with van der Waals surface area (Å²) in [6.07, 6.45) is 2.01. The number of carbonyl (C=O) groups is 4. The van der Waals surface area contributed by atoms with Gasteiger partial charge in [-0.1, -0.05) is 30.3 Å². The highest BCUT2D eigenvalue weighted by Gasteiger charge is 2.40. The lowest BCUT2D eigenvalue weighted by Crippen LogP contribution is -2.56. The number of nitrogens with zero attached hydrogens (tertiary/aromatic N) is 3. The van der Waals surface area contributed by atoms with Crippen LogP contribution in [0.1, 0.15) is 36.9 Å². The molecule has 3 unspecified atom stereocenters. The standard InChI is InChI=1S/C23H26I2N6O4/c24-19-14(28-23(25)29-19)11-15(22(35)30-10-4-7-16(30)20(26)33)27-21(34)17-8-9-18(32)31(17)12-13-5-2-1-3-6-13/h1-3,5-6,15-17H,4,7-12H2,(H2,26,33)(H,27,34)(H,28,29). The zero-order valence-corrected chi connectivity index (χ0v) is 23.2. The molecule has 35 heavy (non-hydrogen) atoms. The number of benzene rings is 1. The molecular weight excluding hydrogens is 678 g/mol. The maximum Gasteiger partial charge on any atom is 0.246 e. The summed E-state index contributed by atoms with van der Waals surface area (Å²) in [5.74, 6) is -1.40. The van der Waals surface area contributed by atoms with Crippen LogP contribution in [0.2, 0.25) is 0 Å². The van der Waals surface area contributed by atoms with Crippen molar-refractivity contribution in [3.05, 3.63) is 49.1 Å². The van der Waals surface area contributed by atoms with Crippen molar-refractivity contribution in [1.29, 1.82) is 0 Å². The summed E-state index contributed by atoms with van der Waals surface area (Å²) < 4.78 is 1.37. The predicted molar refractivity (Wildman–Crippen MR) is 144 cm³/mol. The van der Waals surface area contributed by atoms with Crippen LogP contribution in [0.5, 0.6) is 0 Å². The highest BCUT2D eigenvalue weighted by atomic mass is 127. The monoisotopic (exact) mass is 704 g/mol. The van der Waals surface area contributed by atoms with Crippen LogP contribution in [0.4, 0.5) is 0 Å². The highest BCUT2D eigenvalue weighted by Crippen LogP contribution is 2.24. The van der Waals surface area contributed by atoms with E-state index in [1.165, 1.54) is 4.90 Å². The highest BCUT2D eigenvalue weighted by molar-refractivity contribution is 14.1. The Labute approximate surface area is 230 Å². The SMILES string of the molecule is NC(=O)C1CCCN1C(=O)C(Cc1[nH]c(I)nc1I)NC(=O)C1CCC(=O)N1Cc1ccccc1. The fourth-order valence-corrected chi connectivity index (χ4v) is 6.30. The Balaban J connectivity index is 1.55. The summed E-state index contributed by atoms with van der Waals surface area (Å²) in [7, 11) is 0. The summed E-state index contributed by atoms with van der Waals surface area (Å²) >= 11 is 4.13. The van der Waals surface area contributed by atoms with E-state index < -0.39 is 24.0 Å². The molecule has 0 radical (unpaired) electrons. The number of rotatable bonds is 8. The second-order valence-electron chi connectivity index (χ2n) is 8.72. The quantitative estimate of drug-likeness (QED) is 0.356. The van der Waals surface area contributed by atoms with Gasteiger partial charge >= 0.3 is 0 Å². The van der Waals surface area contributed by atoms with Crippen molar-refractivity contribution in [3.63, 3.8) is 0 Å². The first-order chi connectivity index (χ1) is 16.7. The van der Waals surface area contributed by atoms with Crippen molar-refractivity contribution in [2.75, 3.05) is 6.54 Å². The smallest absolute Gasteiger partial charge is 0.246 e. The first-order valence-electron chi connectivity index (χ1n) is 11.4. The number of primary amides is 1. The third kappa shape index (κ3) is 5.95. The maximum atomic E-state index is 13.6. The summed E-state index contributed by atoms with van der Waals surface area (Å²) in [5, 5.41) is 2.89. The first kappa shape index (κ1) is 25.9. The van der Waals surface area contributed by atoms with Crippen LogP contribution in [0.15, 0.2) is 30.3 Å². The molecule has 0 bridgehead atoms. The fraction of sp³-hybridized carbons (Fsp3) is 0.435. The largest absolute Gasteiger partial charge is 0.368 e. The van der Waals surface area contributed by atoms with Gasteiger partial charge in [0.2, 0.25) is 23.6 Å². The average molecular weight is 704 g/mol. The molecule has 3 atom stereocenters. The maximum absolute atomic E-state index is 13.6. The molecule has 4 amide bonds. The van der Waals surface area contributed by atoms with E-state index in [1.807, 2.05) is 30.3 Å². The van der Waals surface area contributed by atoms with Crippen LogP contribution in [0.3, 0.4) is 0 Å². The van der Waals surface area contributed by atoms with E-state index in [2.05, 4.69) is 60.5 Å². The van der Waals surface area contributed by atoms with Gasteiger partial charge in [0.05, 0.1) is 5.69 Å². The Bertz CT molecular complexity index is 1120. The van der Waals surface area contributed by atoms with E-state index in [0.29, 0.717) is 45.6 Å². The number of aromatic amines is 1. The summed E-state index contributed by atoms with van der Waals surface area (Å²) in [5.41, 5.74) is 7.17. The summed E-state index contributed by atoms with van der Waals surface area (Å²) in [6, 6.07) is 7.19. The van der Waals surface area contributed by atoms with Gasteiger partial charge in [-0.2, -0.15) is 0 Å². The van der Waals surface area contributed by atoms with Gasteiger partial charge in [-0.15, -0.1) is 0 Å². The Morgan fingerprint density at radius 1 is 1.17 bits per heavy atom. The molecule has 12 heteroatoms. The fourth-order valence-electron chi connectivity index (χ4n) is 4.68. The van der Waals surface area contributed by atoms with Crippen LogP contribution in [0, 0.1) is 7.53 Å². The van der Waals surface area contributed by atoms with Gasteiger partial charge in [0.25, 0.3) is 0 Å². The molecule has 4 rings (SSSR count). The van der Waals surface area contributed by atoms with E-state index >= 15 is 0 Å².